The van der Waals surface area contributed by atoms with Crippen molar-refractivity contribution in [3.8, 4) is 11.3 Å². The van der Waals surface area contributed by atoms with Gasteiger partial charge in [-0.3, -0.25) is 0 Å². The second-order valence-corrected chi connectivity index (χ2v) is 6.65. The van der Waals surface area contributed by atoms with E-state index >= 15 is 0 Å². The van der Waals surface area contributed by atoms with E-state index in [9.17, 15) is 9.50 Å². The van der Waals surface area contributed by atoms with Gasteiger partial charge in [-0.15, -0.1) is 0 Å². The van der Waals surface area contributed by atoms with Gasteiger partial charge in [0.05, 0.1) is 22.3 Å². The fraction of sp³-hybridized carbons (Fsp3) is 0.438. The zero-order valence-electron chi connectivity index (χ0n) is 13.1. The average Bonchev–Trinajstić information content (AvgIpc) is 2.77. The standard InChI is InChI=1S/C16H20ClFN2O2/c1-9-13(12(21)8-19-16(2,3)4)15(20-22-9)14-10(17)6-5-7-11(14)18/h5-7,12,19,21H,8H2,1-4H3. The van der Waals surface area contributed by atoms with E-state index < -0.39 is 11.9 Å². The molecule has 2 rings (SSSR count). The Morgan fingerprint density at radius 3 is 2.68 bits per heavy atom. The third-order valence-electron chi connectivity index (χ3n) is 3.27. The molecule has 0 amide bonds. The Morgan fingerprint density at radius 2 is 2.09 bits per heavy atom. The summed E-state index contributed by atoms with van der Waals surface area (Å²) in [6.45, 7) is 7.96. The van der Waals surface area contributed by atoms with Crippen LogP contribution in [-0.2, 0) is 0 Å². The zero-order valence-corrected chi connectivity index (χ0v) is 13.8. The molecule has 22 heavy (non-hydrogen) atoms. The predicted molar refractivity (Wildman–Crippen MR) is 84.4 cm³/mol. The van der Waals surface area contributed by atoms with Gasteiger partial charge in [-0.25, -0.2) is 4.39 Å². The lowest BCUT2D eigenvalue weighted by molar-refractivity contribution is 0.162. The highest BCUT2D eigenvalue weighted by Gasteiger charge is 2.26. The Hall–Kier alpha value is -1.43. The van der Waals surface area contributed by atoms with E-state index in [-0.39, 0.29) is 21.8 Å². The molecule has 1 heterocycles. The molecule has 1 atom stereocenters. The molecule has 2 aromatic rings. The van der Waals surface area contributed by atoms with Gasteiger partial charge >= 0.3 is 0 Å². The van der Waals surface area contributed by atoms with Crippen LogP contribution < -0.4 is 5.32 Å². The van der Waals surface area contributed by atoms with Crippen LogP contribution in [0, 0.1) is 12.7 Å². The Kier molecular flexibility index (Phi) is 4.90. The number of rotatable bonds is 4. The zero-order chi connectivity index (χ0) is 16.5. The second kappa shape index (κ2) is 6.36. The molecular weight excluding hydrogens is 307 g/mol. The van der Waals surface area contributed by atoms with Gasteiger partial charge in [0.1, 0.15) is 17.3 Å². The molecule has 0 aliphatic carbocycles. The van der Waals surface area contributed by atoms with Crippen molar-refractivity contribution in [2.24, 2.45) is 0 Å². The number of nitrogens with one attached hydrogen (secondary N) is 1. The highest BCUT2D eigenvalue weighted by Crippen LogP contribution is 2.36. The van der Waals surface area contributed by atoms with Crippen molar-refractivity contribution in [1.29, 1.82) is 0 Å². The van der Waals surface area contributed by atoms with E-state index in [1.807, 2.05) is 20.8 Å². The summed E-state index contributed by atoms with van der Waals surface area (Å²) in [4.78, 5) is 0. The molecule has 2 N–H and O–H groups in total. The minimum absolute atomic E-state index is 0.144. The highest BCUT2D eigenvalue weighted by atomic mass is 35.5. The molecule has 0 radical (unpaired) electrons. The van der Waals surface area contributed by atoms with Crippen LogP contribution in [0.2, 0.25) is 5.02 Å². The first-order valence-corrected chi connectivity index (χ1v) is 7.42. The van der Waals surface area contributed by atoms with Gasteiger partial charge in [-0.05, 0) is 39.8 Å². The summed E-state index contributed by atoms with van der Waals surface area (Å²) >= 11 is 6.08. The van der Waals surface area contributed by atoms with Gasteiger partial charge in [0.2, 0.25) is 0 Å². The van der Waals surface area contributed by atoms with E-state index in [1.54, 1.807) is 13.0 Å². The number of aliphatic hydroxyl groups excluding tert-OH is 1. The molecule has 0 aliphatic rings. The number of β-amino-alcohol motifs (C(OH)–C–C–N with tert-alkyl or cyclic N) is 1. The van der Waals surface area contributed by atoms with E-state index in [4.69, 9.17) is 16.1 Å². The monoisotopic (exact) mass is 326 g/mol. The normalized spacial score (nSPS) is 13.4. The van der Waals surface area contributed by atoms with Crippen molar-refractivity contribution in [1.82, 2.24) is 10.5 Å². The van der Waals surface area contributed by atoms with Crippen molar-refractivity contribution in [3.05, 3.63) is 40.4 Å². The smallest absolute Gasteiger partial charge is 0.140 e. The number of hydrogen-bond donors (Lipinski definition) is 2. The minimum atomic E-state index is -0.879. The van der Waals surface area contributed by atoms with E-state index in [0.717, 1.165) is 0 Å². The van der Waals surface area contributed by atoms with E-state index in [0.29, 0.717) is 17.9 Å². The molecule has 0 bridgehead atoms. The molecule has 4 nitrogen and oxygen atoms in total. The Bertz CT molecular complexity index is 644. The quantitative estimate of drug-likeness (QED) is 0.895. The maximum atomic E-state index is 14.1. The van der Waals surface area contributed by atoms with Crippen LogP contribution in [0.25, 0.3) is 11.3 Å². The van der Waals surface area contributed by atoms with Crippen LogP contribution in [0.1, 0.15) is 38.2 Å². The summed E-state index contributed by atoms with van der Waals surface area (Å²) < 4.78 is 19.3. The van der Waals surface area contributed by atoms with Gasteiger partial charge in [0, 0.05) is 12.1 Å². The lowest BCUT2D eigenvalue weighted by atomic mass is 10.00. The maximum Gasteiger partial charge on any atom is 0.140 e. The largest absolute Gasteiger partial charge is 0.387 e. The summed E-state index contributed by atoms with van der Waals surface area (Å²) in [5.74, 6) is -0.0597. The molecule has 0 saturated heterocycles. The lowest BCUT2D eigenvalue weighted by Gasteiger charge is -2.23. The van der Waals surface area contributed by atoms with Crippen LogP contribution >= 0.6 is 11.6 Å². The lowest BCUT2D eigenvalue weighted by Crippen LogP contribution is -2.38. The SMILES string of the molecule is Cc1onc(-c2c(F)cccc2Cl)c1C(O)CNC(C)(C)C. The molecule has 0 spiro atoms. The van der Waals surface area contributed by atoms with Crippen molar-refractivity contribution < 1.29 is 14.0 Å². The number of aromatic nitrogens is 1. The number of hydrogen-bond acceptors (Lipinski definition) is 4. The van der Waals surface area contributed by atoms with E-state index in [2.05, 4.69) is 10.5 Å². The van der Waals surface area contributed by atoms with Gasteiger partial charge in [-0.2, -0.15) is 0 Å². The summed E-state index contributed by atoms with van der Waals surface area (Å²) in [7, 11) is 0. The molecule has 1 aromatic heterocycles. The summed E-state index contributed by atoms with van der Waals surface area (Å²) in [6.07, 6.45) is -0.879. The van der Waals surface area contributed by atoms with Crippen molar-refractivity contribution in [2.75, 3.05) is 6.54 Å². The minimum Gasteiger partial charge on any atom is -0.387 e. The molecule has 6 heteroatoms. The average molecular weight is 327 g/mol. The molecule has 0 fully saturated rings. The molecule has 1 aromatic carbocycles. The molecule has 1 unspecified atom stereocenters. The molecule has 120 valence electrons. The van der Waals surface area contributed by atoms with Crippen LogP contribution in [0.5, 0.6) is 0 Å². The first-order valence-electron chi connectivity index (χ1n) is 7.04. The van der Waals surface area contributed by atoms with Gasteiger partial charge < -0.3 is 14.9 Å². The second-order valence-electron chi connectivity index (χ2n) is 6.24. The Balaban J connectivity index is 2.40. The van der Waals surface area contributed by atoms with Crippen LogP contribution in [-0.4, -0.2) is 22.3 Å². The maximum absolute atomic E-state index is 14.1. The Labute approximate surface area is 134 Å². The number of aryl methyl sites for hydroxylation is 1. The summed E-state index contributed by atoms with van der Waals surface area (Å²) in [5.41, 5.74) is 0.681. The third-order valence-corrected chi connectivity index (χ3v) is 3.58. The van der Waals surface area contributed by atoms with Crippen molar-refractivity contribution in [3.63, 3.8) is 0 Å². The van der Waals surface area contributed by atoms with Crippen LogP contribution in [0.3, 0.4) is 0 Å². The van der Waals surface area contributed by atoms with Crippen molar-refractivity contribution >= 4 is 11.6 Å². The predicted octanol–water partition coefficient (Wildman–Crippen LogP) is 3.86. The number of nitrogens with zero attached hydrogens (tertiary/aromatic N) is 1. The third kappa shape index (κ3) is 3.66. The molecule has 0 aliphatic heterocycles. The van der Waals surface area contributed by atoms with Gasteiger partial charge in [-0.1, -0.05) is 22.8 Å². The fourth-order valence-corrected chi connectivity index (χ4v) is 2.43. The topological polar surface area (TPSA) is 58.3 Å². The summed E-state index contributed by atoms with van der Waals surface area (Å²) in [6, 6.07) is 4.40. The molecular formula is C16H20ClFN2O2. The first-order chi connectivity index (χ1) is 10.2. The van der Waals surface area contributed by atoms with E-state index in [1.165, 1.54) is 12.1 Å². The van der Waals surface area contributed by atoms with Gasteiger partial charge in [0.15, 0.2) is 0 Å². The summed E-state index contributed by atoms with van der Waals surface area (Å²) in [5, 5.41) is 17.8. The Morgan fingerprint density at radius 1 is 1.41 bits per heavy atom. The number of benzene rings is 1. The molecule has 0 saturated carbocycles. The van der Waals surface area contributed by atoms with Crippen LogP contribution in [0.4, 0.5) is 4.39 Å². The van der Waals surface area contributed by atoms with Gasteiger partial charge in [0.25, 0.3) is 0 Å². The highest BCUT2D eigenvalue weighted by molar-refractivity contribution is 6.33. The van der Waals surface area contributed by atoms with Crippen LogP contribution in [0.15, 0.2) is 22.7 Å². The number of aliphatic hydroxyl groups is 1. The fourth-order valence-electron chi connectivity index (χ4n) is 2.18. The van der Waals surface area contributed by atoms with Crippen molar-refractivity contribution in [2.45, 2.75) is 39.3 Å². The number of halogens is 2. The first kappa shape index (κ1) is 16.9.